The van der Waals surface area contributed by atoms with E-state index in [9.17, 15) is 13.6 Å². The summed E-state index contributed by atoms with van der Waals surface area (Å²) < 4.78 is 24.7. The smallest absolute Gasteiger partial charge is 0.254 e. The molecule has 3 heteroatoms. The van der Waals surface area contributed by atoms with Crippen LogP contribution < -0.4 is 0 Å². The summed E-state index contributed by atoms with van der Waals surface area (Å²) in [6.45, 7) is 2.56. The fourth-order valence-corrected chi connectivity index (χ4v) is 0.752. The van der Waals surface area contributed by atoms with Gasteiger partial charge in [-0.3, -0.25) is 0 Å². The van der Waals surface area contributed by atoms with Crippen molar-refractivity contribution in [3.8, 4) is 0 Å². The number of aldehydes is 1. The van der Waals surface area contributed by atoms with E-state index in [2.05, 4.69) is 0 Å². The lowest BCUT2D eigenvalue weighted by Gasteiger charge is -2.16. The van der Waals surface area contributed by atoms with E-state index in [4.69, 9.17) is 0 Å². The molecule has 0 amide bonds. The highest BCUT2D eigenvalue weighted by Crippen LogP contribution is 2.25. The molecule has 0 aromatic heterocycles. The molecule has 0 rings (SSSR count). The van der Waals surface area contributed by atoms with Crippen LogP contribution in [-0.2, 0) is 4.79 Å². The zero-order valence-electron chi connectivity index (χ0n) is 6.23. The Kier molecular flexibility index (Phi) is 3.47. The van der Waals surface area contributed by atoms with Crippen LogP contribution in [0.4, 0.5) is 8.78 Å². The lowest BCUT2D eigenvalue weighted by atomic mass is 9.99. The summed E-state index contributed by atoms with van der Waals surface area (Å²) in [5, 5.41) is 0. The van der Waals surface area contributed by atoms with Crippen molar-refractivity contribution < 1.29 is 13.6 Å². The van der Waals surface area contributed by atoms with Gasteiger partial charge in [-0.25, -0.2) is 8.78 Å². The molecule has 0 bridgehead atoms. The average molecular weight is 150 g/mol. The highest BCUT2D eigenvalue weighted by atomic mass is 19.3. The van der Waals surface area contributed by atoms with Gasteiger partial charge in [0.2, 0.25) is 0 Å². The molecule has 10 heavy (non-hydrogen) atoms. The first-order valence-electron chi connectivity index (χ1n) is 3.35. The van der Waals surface area contributed by atoms with Gasteiger partial charge in [0, 0.05) is 6.92 Å². The molecule has 0 aromatic carbocycles. The monoisotopic (exact) mass is 150 g/mol. The van der Waals surface area contributed by atoms with Crippen LogP contribution in [0.15, 0.2) is 0 Å². The maximum atomic E-state index is 12.3. The highest BCUT2D eigenvalue weighted by Gasteiger charge is 2.32. The SMILES string of the molecule is CCCC(C=O)C(C)(F)F. The molecule has 1 unspecified atom stereocenters. The van der Waals surface area contributed by atoms with Crippen LogP contribution in [0.1, 0.15) is 26.7 Å². The van der Waals surface area contributed by atoms with Crippen molar-refractivity contribution in [1.29, 1.82) is 0 Å². The van der Waals surface area contributed by atoms with Crippen LogP contribution in [0.25, 0.3) is 0 Å². The Bertz CT molecular complexity index is 107. The van der Waals surface area contributed by atoms with Crippen molar-refractivity contribution in [3.63, 3.8) is 0 Å². The van der Waals surface area contributed by atoms with Crippen LogP contribution in [-0.4, -0.2) is 12.2 Å². The number of halogens is 2. The molecule has 0 saturated heterocycles. The molecule has 1 atom stereocenters. The average Bonchev–Trinajstić information content (AvgIpc) is 1.80. The number of hydrogen-bond acceptors (Lipinski definition) is 1. The number of hydrogen-bond donors (Lipinski definition) is 0. The first-order chi connectivity index (χ1) is 4.52. The van der Waals surface area contributed by atoms with Crippen LogP contribution in [0.3, 0.4) is 0 Å². The third-order valence-electron chi connectivity index (χ3n) is 1.42. The molecule has 0 radical (unpaired) electrons. The van der Waals surface area contributed by atoms with Gasteiger partial charge in [-0.05, 0) is 6.42 Å². The molecule has 0 fully saturated rings. The molecule has 0 aromatic rings. The summed E-state index contributed by atoms with van der Waals surface area (Å²) in [5.74, 6) is -3.95. The van der Waals surface area contributed by atoms with Crippen molar-refractivity contribution in [2.24, 2.45) is 5.92 Å². The van der Waals surface area contributed by atoms with Gasteiger partial charge in [-0.1, -0.05) is 13.3 Å². The molecule has 0 N–H and O–H groups in total. The molecule has 0 aliphatic carbocycles. The minimum Gasteiger partial charge on any atom is -0.303 e. The molecular formula is C7H12F2O. The van der Waals surface area contributed by atoms with E-state index in [-0.39, 0.29) is 6.42 Å². The zero-order valence-corrected chi connectivity index (χ0v) is 6.23. The lowest BCUT2D eigenvalue weighted by molar-refractivity contribution is -0.123. The predicted octanol–water partition coefficient (Wildman–Crippen LogP) is 2.26. The van der Waals surface area contributed by atoms with Crippen LogP contribution in [0.2, 0.25) is 0 Å². The summed E-state index contributed by atoms with van der Waals surface area (Å²) >= 11 is 0. The lowest BCUT2D eigenvalue weighted by Crippen LogP contribution is -2.25. The van der Waals surface area contributed by atoms with E-state index in [0.29, 0.717) is 12.7 Å². The Hall–Kier alpha value is -0.470. The predicted molar refractivity (Wildman–Crippen MR) is 35.1 cm³/mol. The maximum absolute atomic E-state index is 12.3. The molecule has 0 aliphatic heterocycles. The number of alkyl halides is 2. The topological polar surface area (TPSA) is 17.1 Å². The second kappa shape index (κ2) is 3.64. The highest BCUT2D eigenvalue weighted by molar-refractivity contribution is 5.54. The Morgan fingerprint density at radius 1 is 1.60 bits per heavy atom. The fourth-order valence-electron chi connectivity index (χ4n) is 0.752. The van der Waals surface area contributed by atoms with E-state index >= 15 is 0 Å². The van der Waals surface area contributed by atoms with E-state index in [1.165, 1.54) is 0 Å². The van der Waals surface area contributed by atoms with Gasteiger partial charge in [0.25, 0.3) is 5.92 Å². The van der Waals surface area contributed by atoms with Gasteiger partial charge in [-0.2, -0.15) is 0 Å². The van der Waals surface area contributed by atoms with Crippen molar-refractivity contribution >= 4 is 6.29 Å². The third-order valence-corrected chi connectivity index (χ3v) is 1.42. The second-order valence-electron chi connectivity index (χ2n) is 2.49. The summed E-state index contributed by atoms with van der Waals surface area (Å²) in [6.07, 6.45) is 1.23. The van der Waals surface area contributed by atoms with Gasteiger partial charge in [0.05, 0.1) is 5.92 Å². The first-order valence-corrected chi connectivity index (χ1v) is 3.35. The van der Waals surface area contributed by atoms with Gasteiger partial charge in [0.15, 0.2) is 0 Å². The number of carbonyl (C=O) groups is 1. The molecule has 0 spiro atoms. The van der Waals surface area contributed by atoms with Crippen LogP contribution in [0, 0.1) is 5.92 Å². The summed E-state index contributed by atoms with van der Waals surface area (Å²) in [7, 11) is 0. The van der Waals surface area contributed by atoms with E-state index in [0.717, 1.165) is 6.92 Å². The third kappa shape index (κ3) is 2.90. The van der Waals surface area contributed by atoms with E-state index in [1.54, 1.807) is 6.92 Å². The first kappa shape index (κ1) is 9.53. The van der Waals surface area contributed by atoms with Gasteiger partial charge < -0.3 is 4.79 Å². The van der Waals surface area contributed by atoms with Crippen LogP contribution >= 0.6 is 0 Å². The normalized spacial score (nSPS) is 14.8. The van der Waals surface area contributed by atoms with E-state index in [1.807, 2.05) is 0 Å². The van der Waals surface area contributed by atoms with Crippen molar-refractivity contribution in [3.05, 3.63) is 0 Å². The molecule has 0 heterocycles. The summed E-state index contributed by atoms with van der Waals surface area (Å²) in [5.41, 5.74) is 0. The second-order valence-corrected chi connectivity index (χ2v) is 2.49. The number of carbonyl (C=O) groups excluding carboxylic acids is 1. The van der Waals surface area contributed by atoms with Crippen molar-refractivity contribution in [1.82, 2.24) is 0 Å². The minimum absolute atomic E-state index is 0.271. The maximum Gasteiger partial charge on any atom is 0.254 e. The number of rotatable bonds is 4. The molecule has 1 nitrogen and oxygen atoms in total. The Morgan fingerprint density at radius 2 is 2.10 bits per heavy atom. The Morgan fingerprint density at radius 3 is 2.20 bits per heavy atom. The molecular weight excluding hydrogens is 138 g/mol. The minimum atomic E-state index is -2.85. The summed E-state index contributed by atoms with van der Waals surface area (Å²) in [4.78, 5) is 10.1. The fraction of sp³-hybridized carbons (Fsp3) is 0.857. The Labute approximate surface area is 59.4 Å². The molecule has 60 valence electrons. The molecule has 0 saturated carbocycles. The van der Waals surface area contributed by atoms with Gasteiger partial charge in [-0.15, -0.1) is 0 Å². The van der Waals surface area contributed by atoms with Crippen molar-refractivity contribution in [2.45, 2.75) is 32.6 Å². The quantitative estimate of drug-likeness (QED) is 0.562. The largest absolute Gasteiger partial charge is 0.303 e. The molecule has 0 aliphatic rings. The zero-order chi connectivity index (χ0) is 8.20. The van der Waals surface area contributed by atoms with E-state index < -0.39 is 11.8 Å². The van der Waals surface area contributed by atoms with Crippen LogP contribution in [0.5, 0.6) is 0 Å². The standard InChI is InChI=1S/C7H12F2O/c1-3-4-6(5-10)7(2,8)9/h5-6H,3-4H2,1-2H3. The summed E-state index contributed by atoms with van der Waals surface area (Å²) in [6, 6.07) is 0. The van der Waals surface area contributed by atoms with Gasteiger partial charge in [0.1, 0.15) is 6.29 Å². The van der Waals surface area contributed by atoms with Gasteiger partial charge >= 0.3 is 0 Å². The van der Waals surface area contributed by atoms with Crippen molar-refractivity contribution in [2.75, 3.05) is 0 Å². The Balaban J connectivity index is 3.93.